The number of carbonyl (C=O) groups excluding carboxylic acids is 3. The van der Waals surface area contributed by atoms with Crippen LogP contribution in [0.25, 0.3) is 0 Å². The Morgan fingerprint density at radius 1 is 1.33 bits per heavy atom. The van der Waals surface area contributed by atoms with Gasteiger partial charge in [0.2, 0.25) is 11.8 Å². The first-order chi connectivity index (χ1) is 14.1. The highest BCUT2D eigenvalue weighted by Gasteiger charge is 2.46. The van der Waals surface area contributed by atoms with Crippen LogP contribution in [0, 0.1) is 10.8 Å². The number of hydrogen-bond acceptors (Lipinski definition) is 6. The Morgan fingerprint density at radius 2 is 2.07 bits per heavy atom. The summed E-state index contributed by atoms with van der Waals surface area (Å²) in [5, 5.41) is 13.7. The second kappa shape index (κ2) is 8.25. The number of anilines is 1. The number of nitrogens with one attached hydrogen (secondary N) is 3. The third kappa shape index (κ3) is 4.84. The summed E-state index contributed by atoms with van der Waals surface area (Å²) in [6.07, 6.45) is 5.07. The normalized spacial score (nSPS) is 17.4. The van der Waals surface area contributed by atoms with E-state index < -0.39 is 11.9 Å². The van der Waals surface area contributed by atoms with E-state index in [0.29, 0.717) is 18.7 Å². The number of nitrogens with zero attached hydrogens (tertiary/aromatic N) is 2. The van der Waals surface area contributed by atoms with Gasteiger partial charge in [0.15, 0.2) is 0 Å². The van der Waals surface area contributed by atoms with Crippen LogP contribution in [0.2, 0.25) is 0 Å². The molecule has 0 unspecified atom stereocenters. The van der Waals surface area contributed by atoms with Gasteiger partial charge in [-0.3, -0.25) is 24.8 Å². The molecule has 9 heteroatoms. The van der Waals surface area contributed by atoms with E-state index in [0.717, 1.165) is 24.1 Å². The van der Waals surface area contributed by atoms with E-state index in [9.17, 15) is 14.4 Å². The van der Waals surface area contributed by atoms with Gasteiger partial charge in [-0.25, -0.2) is 0 Å². The zero-order valence-corrected chi connectivity index (χ0v) is 17.5. The van der Waals surface area contributed by atoms with Gasteiger partial charge in [-0.2, -0.15) is 0 Å². The molecule has 0 fully saturated rings. The largest absolute Gasteiger partial charge is 0.374 e. The highest BCUT2D eigenvalue weighted by atomic mass is 16.2. The second-order valence-corrected chi connectivity index (χ2v) is 8.83. The zero-order chi connectivity index (χ0) is 22.1. The molecule has 0 spiro atoms. The molecule has 2 aliphatic rings. The fourth-order valence-electron chi connectivity index (χ4n) is 3.47. The average Bonchev–Trinajstić information content (AvgIpc) is 3.34. The Balaban J connectivity index is 1.62. The fraction of sp³-hybridized carbons (Fsp3) is 0.476. The molecule has 5 N–H and O–H groups in total. The van der Waals surface area contributed by atoms with Gasteiger partial charge in [0.05, 0.1) is 18.4 Å². The lowest BCUT2D eigenvalue weighted by Gasteiger charge is -2.28. The first kappa shape index (κ1) is 21.5. The monoisotopic (exact) mass is 412 g/mol. The zero-order valence-electron chi connectivity index (χ0n) is 17.5. The van der Waals surface area contributed by atoms with E-state index in [4.69, 9.17) is 11.1 Å². The molecule has 1 aliphatic carbocycles. The predicted octanol–water partition coefficient (Wildman–Crippen LogP) is 1.16. The summed E-state index contributed by atoms with van der Waals surface area (Å²) in [4.78, 5) is 42.4. The molecular formula is C21H28N6O3. The lowest BCUT2D eigenvalue weighted by molar-refractivity contribution is -0.136. The van der Waals surface area contributed by atoms with E-state index in [1.54, 1.807) is 4.90 Å². The van der Waals surface area contributed by atoms with Crippen LogP contribution in [0.5, 0.6) is 0 Å². The third-order valence-corrected chi connectivity index (χ3v) is 5.22. The minimum absolute atomic E-state index is 0.0900. The summed E-state index contributed by atoms with van der Waals surface area (Å²) < 4.78 is 0. The first-order valence-electron chi connectivity index (χ1n) is 9.96. The lowest BCUT2D eigenvalue weighted by Crippen LogP contribution is -2.48. The molecule has 2 heterocycles. The van der Waals surface area contributed by atoms with Gasteiger partial charge in [0.25, 0.3) is 5.91 Å². The Kier molecular flexibility index (Phi) is 5.91. The van der Waals surface area contributed by atoms with Crippen LogP contribution in [-0.2, 0) is 14.4 Å². The summed E-state index contributed by atoms with van der Waals surface area (Å²) in [5.41, 5.74) is 7.67. The van der Waals surface area contributed by atoms with Gasteiger partial charge in [0, 0.05) is 36.8 Å². The highest BCUT2D eigenvalue weighted by Crippen LogP contribution is 2.46. The molecule has 1 aliphatic heterocycles. The molecule has 1 aromatic rings. The molecule has 3 amide bonds. The number of pyridine rings is 1. The maximum Gasteiger partial charge on any atom is 0.267 e. The number of aromatic nitrogens is 1. The molecule has 30 heavy (non-hydrogen) atoms. The molecule has 0 aromatic carbocycles. The standard InChI is InChI=1S/C21H28N6O3/c1-21(2,3)5-7-25-20(30)16-9-12-8-15(12)27(16)17(28)11-26-14-10-24-6-4-13(14)18(22)19(23)29/h4,6,10,16,22,26H,5,7-9,11H2,1-3H3,(H2,23,29)(H,25,30)/t16-/m0/s1. The van der Waals surface area contributed by atoms with Crippen molar-refractivity contribution in [1.29, 1.82) is 5.41 Å². The fourth-order valence-corrected chi connectivity index (χ4v) is 3.47. The Bertz CT molecular complexity index is 931. The number of allylic oxidation sites excluding steroid dienone is 1. The van der Waals surface area contributed by atoms with Crippen LogP contribution in [0.4, 0.5) is 5.69 Å². The molecule has 0 bridgehead atoms. The van der Waals surface area contributed by atoms with Crippen molar-refractivity contribution in [3.63, 3.8) is 0 Å². The molecule has 0 radical (unpaired) electrons. The van der Waals surface area contributed by atoms with Gasteiger partial charge in [-0.1, -0.05) is 20.8 Å². The van der Waals surface area contributed by atoms with Crippen LogP contribution in [0.1, 0.15) is 45.6 Å². The molecule has 160 valence electrons. The maximum absolute atomic E-state index is 12.9. The van der Waals surface area contributed by atoms with Gasteiger partial charge in [-0.15, -0.1) is 0 Å². The van der Waals surface area contributed by atoms with E-state index in [1.165, 1.54) is 18.5 Å². The molecular weight excluding hydrogens is 384 g/mol. The Morgan fingerprint density at radius 3 is 2.73 bits per heavy atom. The lowest BCUT2D eigenvalue weighted by atomic mass is 9.92. The van der Waals surface area contributed by atoms with Crippen molar-refractivity contribution in [3.05, 3.63) is 35.3 Å². The Hall–Kier alpha value is -3.23. The predicted molar refractivity (Wildman–Crippen MR) is 113 cm³/mol. The second-order valence-electron chi connectivity index (χ2n) is 8.83. The van der Waals surface area contributed by atoms with Crippen LogP contribution >= 0.6 is 0 Å². The van der Waals surface area contributed by atoms with Crippen molar-refractivity contribution in [1.82, 2.24) is 15.2 Å². The van der Waals surface area contributed by atoms with Gasteiger partial charge < -0.3 is 21.3 Å². The summed E-state index contributed by atoms with van der Waals surface area (Å²) >= 11 is 0. The minimum Gasteiger partial charge on any atom is -0.374 e. The topological polar surface area (TPSA) is 141 Å². The summed E-state index contributed by atoms with van der Waals surface area (Å²) in [7, 11) is 0. The van der Waals surface area contributed by atoms with E-state index in [1.807, 2.05) is 0 Å². The van der Waals surface area contributed by atoms with Crippen molar-refractivity contribution < 1.29 is 14.4 Å². The summed E-state index contributed by atoms with van der Waals surface area (Å²) in [6.45, 7) is 6.82. The number of hydrogen-bond donors (Lipinski definition) is 4. The number of carbonyl (C=O) groups is 3. The molecule has 9 nitrogen and oxygen atoms in total. The van der Waals surface area contributed by atoms with Crippen molar-refractivity contribution >= 4 is 29.1 Å². The number of rotatable bonds is 8. The smallest absolute Gasteiger partial charge is 0.267 e. The third-order valence-electron chi connectivity index (χ3n) is 5.22. The Labute approximate surface area is 175 Å². The number of piperidine rings is 1. The van der Waals surface area contributed by atoms with Crippen molar-refractivity contribution in [3.8, 4) is 0 Å². The van der Waals surface area contributed by atoms with Crippen molar-refractivity contribution in [2.75, 3.05) is 18.4 Å². The van der Waals surface area contributed by atoms with Crippen LogP contribution in [-0.4, -0.2) is 52.4 Å². The number of primary amides is 1. The van der Waals surface area contributed by atoms with Gasteiger partial charge in [-0.05, 0) is 23.5 Å². The van der Waals surface area contributed by atoms with Gasteiger partial charge in [0.1, 0.15) is 11.8 Å². The number of likely N-dealkylation sites (tertiary alicyclic amines) is 1. The van der Waals surface area contributed by atoms with Crippen molar-refractivity contribution in [2.45, 2.75) is 46.1 Å². The van der Waals surface area contributed by atoms with E-state index >= 15 is 0 Å². The number of amides is 3. The maximum atomic E-state index is 12.9. The summed E-state index contributed by atoms with van der Waals surface area (Å²) in [6, 6.07) is 0.971. The molecule has 0 saturated heterocycles. The van der Waals surface area contributed by atoms with Crippen LogP contribution < -0.4 is 16.4 Å². The number of nitrogens with two attached hydrogens (primary N) is 1. The van der Waals surface area contributed by atoms with Crippen LogP contribution in [0.3, 0.4) is 0 Å². The molecule has 1 atom stereocenters. The molecule has 3 rings (SSSR count). The quantitative estimate of drug-likeness (QED) is 0.474. The SMILES string of the molecule is CC(C)(C)CCNC(=O)[C@@H]1CC2=C(C2)N1C(=O)CNc1cnccc1C(=N)C(N)=O. The average molecular weight is 412 g/mol. The van der Waals surface area contributed by atoms with Crippen molar-refractivity contribution in [2.24, 2.45) is 11.1 Å². The highest BCUT2D eigenvalue weighted by molar-refractivity contribution is 6.44. The molecule has 0 saturated carbocycles. The van der Waals surface area contributed by atoms with Gasteiger partial charge >= 0.3 is 0 Å². The van der Waals surface area contributed by atoms with E-state index in [2.05, 4.69) is 36.4 Å². The molecule has 1 aromatic heterocycles. The van der Waals surface area contributed by atoms with E-state index in [-0.39, 0.29) is 35.0 Å². The minimum atomic E-state index is -0.866. The van der Waals surface area contributed by atoms with Crippen LogP contribution in [0.15, 0.2) is 29.7 Å². The first-order valence-corrected chi connectivity index (χ1v) is 9.96. The summed E-state index contributed by atoms with van der Waals surface area (Å²) in [5.74, 6) is -1.25.